The average molecular weight is 345 g/mol. The maximum atomic E-state index is 12.2. The van der Waals surface area contributed by atoms with Gasteiger partial charge in [0.05, 0.1) is 0 Å². The molecule has 2 aromatic heterocycles. The Morgan fingerprint density at radius 3 is 2.46 bits per heavy atom. The van der Waals surface area contributed by atoms with Gasteiger partial charge < -0.3 is 4.90 Å². The molecule has 3 rings (SSSR count). The van der Waals surface area contributed by atoms with Gasteiger partial charge >= 0.3 is 5.69 Å². The van der Waals surface area contributed by atoms with Crippen molar-refractivity contribution in [1.29, 1.82) is 5.26 Å². The van der Waals surface area contributed by atoms with E-state index in [9.17, 15) is 14.9 Å². The zero-order chi connectivity index (χ0) is 17.3. The molecule has 0 atom stereocenters. The molecule has 0 amide bonds. The summed E-state index contributed by atoms with van der Waals surface area (Å²) in [7, 11) is 3.00. The monoisotopic (exact) mass is 345 g/mol. The van der Waals surface area contributed by atoms with Crippen molar-refractivity contribution in [2.24, 2.45) is 14.1 Å². The van der Waals surface area contributed by atoms with E-state index in [1.165, 1.54) is 17.2 Å². The zero-order valence-electron chi connectivity index (χ0n) is 13.7. The lowest BCUT2D eigenvalue weighted by Crippen LogP contribution is -2.50. The minimum atomic E-state index is -0.531. The number of piperazine rings is 1. The maximum absolute atomic E-state index is 12.2. The van der Waals surface area contributed by atoms with Crippen LogP contribution in [0.2, 0.25) is 0 Å². The largest absolute Gasteiger partial charge is 0.354 e. The normalized spacial score (nSPS) is 15.5. The third kappa shape index (κ3) is 2.88. The number of rotatable bonds is 3. The molecule has 1 aliphatic rings. The van der Waals surface area contributed by atoms with Crippen molar-refractivity contribution >= 4 is 17.2 Å². The average Bonchev–Trinajstić information content (AvgIpc) is 3.10. The van der Waals surface area contributed by atoms with Crippen LogP contribution in [-0.2, 0) is 20.6 Å². The van der Waals surface area contributed by atoms with Crippen LogP contribution in [0.25, 0.3) is 0 Å². The van der Waals surface area contributed by atoms with Crippen molar-refractivity contribution in [3.05, 3.63) is 48.8 Å². The van der Waals surface area contributed by atoms with Gasteiger partial charge in [-0.1, -0.05) is 0 Å². The predicted molar refractivity (Wildman–Crippen MR) is 93.4 cm³/mol. The Bertz CT molecular complexity index is 883. The van der Waals surface area contributed by atoms with Crippen LogP contribution in [0.1, 0.15) is 11.1 Å². The molecule has 126 valence electrons. The third-order valence-corrected chi connectivity index (χ3v) is 5.14. The highest BCUT2D eigenvalue weighted by Crippen LogP contribution is 2.18. The zero-order valence-corrected chi connectivity index (χ0v) is 14.5. The van der Waals surface area contributed by atoms with Crippen molar-refractivity contribution in [2.45, 2.75) is 6.54 Å². The maximum Gasteiger partial charge on any atom is 0.332 e. The molecule has 0 aliphatic carbocycles. The standard InChI is InChI=1S/C16H19N5O2S/c1-18-14(13(9-17)15(22)19(2)16(18)23)21-6-4-20(5-7-21)10-12-3-8-24-11-12/h3,8,11H,4-7,10H2,1-2H3. The van der Waals surface area contributed by atoms with Gasteiger partial charge in [0.25, 0.3) is 5.56 Å². The highest BCUT2D eigenvalue weighted by molar-refractivity contribution is 7.07. The molecule has 8 heteroatoms. The lowest BCUT2D eigenvalue weighted by molar-refractivity contribution is 0.249. The summed E-state index contributed by atoms with van der Waals surface area (Å²) < 4.78 is 2.38. The molecule has 0 spiro atoms. The highest BCUT2D eigenvalue weighted by atomic mass is 32.1. The first-order chi connectivity index (χ1) is 11.5. The van der Waals surface area contributed by atoms with Crippen LogP contribution in [0.5, 0.6) is 0 Å². The molecule has 0 N–H and O–H groups in total. The smallest absolute Gasteiger partial charge is 0.332 e. The Morgan fingerprint density at radius 2 is 1.88 bits per heavy atom. The van der Waals surface area contributed by atoms with E-state index in [1.54, 1.807) is 18.4 Å². The van der Waals surface area contributed by atoms with E-state index in [4.69, 9.17) is 0 Å². The van der Waals surface area contributed by atoms with E-state index in [0.29, 0.717) is 18.9 Å². The van der Waals surface area contributed by atoms with Crippen molar-refractivity contribution in [3.8, 4) is 6.07 Å². The molecular weight excluding hydrogens is 326 g/mol. The van der Waals surface area contributed by atoms with Crippen LogP contribution in [0.15, 0.2) is 26.4 Å². The molecule has 1 saturated heterocycles. The van der Waals surface area contributed by atoms with Crippen LogP contribution in [0, 0.1) is 11.3 Å². The molecule has 1 aliphatic heterocycles. The number of nitrogens with zero attached hydrogens (tertiary/aromatic N) is 5. The summed E-state index contributed by atoms with van der Waals surface area (Å²) in [5.41, 5.74) is 0.393. The second-order valence-electron chi connectivity index (χ2n) is 5.91. The minimum Gasteiger partial charge on any atom is -0.354 e. The fraction of sp³-hybridized carbons (Fsp3) is 0.438. The van der Waals surface area contributed by atoms with Gasteiger partial charge in [0, 0.05) is 46.8 Å². The van der Waals surface area contributed by atoms with E-state index in [-0.39, 0.29) is 5.56 Å². The van der Waals surface area contributed by atoms with E-state index in [2.05, 4.69) is 21.7 Å². The van der Waals surface area contributed by atoms with Crippen molar-refractivity contribution in [1.82, 2.24) is 14.0 Å². The Morgan fingerprint density at radius 1 is 1.17 bits per heavy atom. The molecule has 0 aromatic carbocycles. The lowest BCUT2D eigenvalue weighted by Gasteiger charge is -2.36. The first kappa shape index (κ1) is 16.5. The van der Waals surface area contributed by atoms with Gasteiger partial charge in [0.2, 0.25) is 0 Å². The van der Waals surface area contributed by atoms with Gasteiger partial charge in [-0.25, -0.2) is 4.79 Å². The Hall–Kier alpha value is -2.37. The summed E-state index contributed by atoms with van der Waals surface area (Å²) in [6.07, 6.45) is 0. The predicted octanol–water partition coefficient (Wildman–Crippen LogP) is 0.339. The molecule has 0 radical (unpaired) electrons. The summed E-state index contributed by atoms with van der Waals surface area (Å²) in [5.74, 6) is 0.431. The van der Waals surface area contributed by atoms with Crippen LogP contribution in [-0.4, -0.2) is 40.2 Å². The first-order valence-corrected chi connectivity index (χ1v) is 8.65. The van der Waals surface area contributed by atoms with Crippen LogP contribution in [0.4, 0.5) is 5.82 Å². The minimum absolute atomic E-state index is 0.0332. The Kier molecular flexibility index (Phi) is 4.55. The summed E-state index contributed by atoms with van der Waals surface area (Å²) in [6.45, 7) is 3.91. The van der Waals surface area contributed by atoms with Crippen molar-refractivity contribution in [2.75, 3.05) is 31.1 Å². The fourth-order valence-corrected chi connectivity index (χ4v) is 3.72. The van der Waals surface area contributed by atoms with Crippen LogP contribution in [0.3, 0.4) is 0 Å². The highest BCUT2D eigenvalue weighted by Gasteiger charge is 2.24. The SMILES string of the molecule is Cn1c(N2CCN(Cc3ccsc3)CC2)c(C#N)c(=O)n(C)c1=O. The molecule has 7 nitrogen and oxygen atoms in total. The molecule has 0 saturated carbocycles. The van der Waals surface area contributed by atoms with E-state index in [1.807, 2.05) is 11.0 Å². The van der Waals surface area contributed by atoms with Crippen molar-refractivity contribution < 1.29 is 0 Å². The van der Waals surface area contributed by atoms with Gasteiger partial charge in [-0.05, 0) is 22.4 Å². The number of aromatic nitrogens is 2. The third-order valence-electron chi connectivity index (χ3n) is 4.40. The van der Waals surface area contributed by atoms with Gasteiger partial charge in [0.1, 0.15) is 11.9 Å². The van der Waals surface area contributed by atoms with E-state index < -0.39 is 11.2 Å². The second-order valence-corrected chi connectivity index (χ2v) is 6.69. The molecular formula is C16H19N5O2S. The Labute approximate surface area is 143 Å². The van der Waals surface area contributed by atoms with Gasteiger partial charge in [-0.15, -0.1) is 0 Å². The number of anilines is 1. The topological polar surface area (TPSA) is 74.3 Å². The summed E-state index contributed by atoms with van der Waals surface area (Å²) in [5, 5.41) is 13.6. The van der Waals surface area contributed by atoms with Gasteiger partial charge in [-0.2, -0.15) is 16.6 Å². The molecule has 2 aromatic rings. The number of nitriles is 1. The molecule has 0 bridgehead atoms. The lowest BCUT2D eigenvalue weighted by atomic mass is 10.2. The number of hydrogen-bond acceptors (Lipinski definition) is 6. The van der Waals surface area contributed by atoms with E-state index in [0.717, 1.165) is 24.2 Å². The summed E-state index contributed by atoms with van der Waals surface area (Å²) in [4.78, 5) is 28.7. The summed E-state index contributed by atoms with van der Waals surface area (Å²) >= 11 is 1.69. The molecule has 24 heavy (non-hydrogen) atoms. The van der Waals surface area contributed by atoms with Gasteiger partial charge in [-0.3, -0.25) is 18.8 Å². The van der Waals surface area contributed by atoms with Crippen LogP contribution < -0.4 is 16.1 Å². The number of hydrogen-bond donors (Lipinski definition) is 0. The molecule has 1 fully saturated rings. The molecule has 3 heterocycles. The Balaban J connectivity index is 1.83. The quantitative estimate of drug-likeness (QED) is 0.802. The molecule has 0 unspecified atom stereocenters. The van der Waals surface area contributed by atoms with Gasteiger partial charge in [0.15, 0.2) is 5.56 Å². The summed E-state index contributed by atoms with van der Waals surface area (Å²) in [6, 6.07) is 4.09. The van der Waals surface area contributed by atoms with E-state index >= 15 is 0 Å². The fourth-order valence-electron chi connectivity index (χ4n) is 3.06. The van der Waals surface area contributed by atoms with Crippen molar-refractivity contribution in [3.63, 3.8) is 0 Å². The second kappa shape index (κ2) is 6.63. The number of thiophene rings is 1. The van der Waals surface area contributed by atoms with Crippen LogP contribution >= 0.6 is 11.3 Å². The first-order valence-electron chi connectivity index (χ1n) is 7.71.